The van der Waals surface area contributed by atoms with Crippen molar-refractivity contribution in [3.8, 4) is 22.5 Å². The molecule has 2 unspecified atom stereocenters. The highest BCUT2D eigenvalue weighted by Crippen LogP contribution is 2.54. The van der Waals surface area contributed by atoms with Crippen molar-refractivity contribution in [2.45, 2.75) is 134 Å². The molecule has 4 amide bonds. The maximum Gasteiger partial charge on any atom is 0.407 e. The number of aromatic amines is 2. The second kappa shape index (κ2) is 20.7. The Bertz CT molecular complexity index is 2430. The molecule has 14 nitrogen and oxygen atoms in total. The number of imidazole rings is 2. The Hall–Kier alpha value is -6.44. The fourth-order valence-electron chi connectivity index (χ4n) is 10.9. The van der Waals surface area contributed by atoms with Crippen LogP contribution in [-0.4, -0.2) is 93.1 Å². The molecular weight excluding hydrogens is 869 g/mol. The summed E-state index contributed by atoms with van der Waals surface area (Å²) in [6.45, 7) is 15.6. The molecule has 2 aliphatic heterocycles. The summed E-state index contributed by atoms with van der Waals surface area (Å²) in [5, 5.41) is 5.46. The first-order chi connectivity index (χ1) is 33.1. The summed E-state index contributed by atoms with van der Waals surface area (Å²) in [7, 11) is 2.61. The third-order valence-electron chi connectivity index (χ3n) is 14.8. The van der Waals surface area contributed by atoms with Crippen LogP contribution >= 0.6 is 0 Å². The summed E-state index contributed by atoms with van der Waals surface area (Å²) in [5.74, 6) is 1.89. The molecule has 4 N–H and O–H groups in total. The van der Waals surface area contributed by atoms with E-state index in [2.05, 4.69) is 114 Å². The van der Waals surface area contributed by atoms with Crippen LogP contribution in [0.25, 0.3) is 22.5 Å². The van der Waals surface area contributed by atoms with Gasteiger partial charge in [-0.3, -0.25) is 9.59 Å². The third-order valence-corrected chi connectivity index (χ3v) is 14.8. The van der Waals surface area contributed by atoms with Crippen LogP contribution in [0.2, 0.25) is 0 Å². The van der Waals surface area contributed by atoms with Crippen molar-refractivity contribution in [3.05, 3.63) is 119 Å². The molecule has 2 saturated heterocycles. The number of methoxy groups -OCH3 is 2. The molecule has 0 radical (unpaired) electrons. The summed E-state index contributed by atoms with van der Waals surface area (Å²) < 4.78 is 9.63. The zero-order valence-corrected chi connectivity index (χ0v) is 41.7. The molecular formula is C55H70N8O6. The van der Waals surface area contributed by atoms with Crippen molar-refractivity contribution in [1.29, 1.82) is 0 Å². The lowest BCUT2D eigenvalue weighted by atomic mass is 9.76. The summed E-state index contributed by atoms with van der Waals surface area (Å²) in [6, 6.07) is 25.3. The van der Waals surface area contributed by atoms with Crippen LogP contribution < -0.4 is 10.6 Å². The number of ether oxygens (including phenoxy) is 2. The lowest BCUT2D eigenvalue weighted by molar-refractivity contribution is -0.136. The molecule has 3 aliphatic rings. The van der Waals surface area contributed by atoms with E-state index < -0.39 is 24.3 Å². The van der Waals surface area contributed by atoms with E-state index in [1.807, 2.05) is 49.9 Å². The minimum Gasteiger partial charge on any atom is -0.453 e. The van der Waals surface area contributed by atoms with E-state index in [-0.39, 0.29) is 47.1 Å². The Morgan fingerprint density at radius 1 is 0.594 bits per heavy atom. The van der Waals surface area contributed by atoms with Crippen LogP contribution in [-0.2, 0) is 24.5 Å². The quantitative estimate of drug-likeness (QED) is 0.0902. The molecule has 69 heavy (non-hydrogen) atoms. The van der Waals surface area contributed by atoms with E-state index in [1.165, 1.54) is 36.5 Å². The minimum absolute atomic E-state index is 0.0470. The molecule has 366 valence electrons. The fourth-order valence-corrected chi connectivity index (χ4v) is 10.9. The van der Waals surface area contributed by atoms with Crippen molar-refractivity contribution in [2.75, 3.05) is 27.3 Å². The highest BCUT2D eigenvalue weighted by Gasteiger charge is 2.41. The first-order valence-electron chi connectivity index (χ1n) is 24.8. The lowest BCUT2D eigenvalue weighted by Gasteiger charge is -2.30. The van der Waals surface area contributed by atoms with Gasteiger partial charge in [0.1, 0.15) is 23.7 Å². The second-order valence-electron chi connectivity index (χ2n) is 20.9. The molecule has 2 aromatic heterocycles. The molecule has 8 rings (SSSR count). The number of hydrogen-bond donors (Lipinski definition) is 4. The first-order valence-corrected chi connectivity index (χ1v) is 24.8. The number of nitrogens with one attached hydrogen (secondary N) is 4. The second-order valence-corrected chi connectivity index (χ2v) is 20.9. The SMILES string of the molecule is COC(=O)N[C@H](C(=O)N1CCC[C@H]1c1ncc(-c2ccc(C3CCC(c4ccc(-c5cnc([C@@H]6CCCN6C(=O)[C@@H](NC(=O)OC)C(C)C)[nH]5)cc4)C3c3ccc(C(C)(C)C)cc3)cc2)[nH]1)C(C)C. The van der Waals surface area contributed by atoms with Gasteiger partial charge in [-0.25, -0.2) is 19.6 Å². The molecule has 3 aromatic carbocycles. The number of hydrogen-bond acceptors (Lipinski definition) is 8. The molecule has 5 aromatic rings. The lowest BCUT2D eigenvalue weighted by Crippen LogP contribution is -2.51. The van der Waals surface area contributed by atoms with Gasteiger partial charge >= 0.3 is 12.2 Å². The van der Waals surface area contributed by atoms with Gasteiger partial charge in [0.05, 0.1) is 50.1 Å². The largest absolute Gasteiger partial charge is 0.453 e. The summed E-state index contributed by atoms with van der Waals surface area (Å²) in [5.41, 5.74) is 9.16. The number of carbonyl (C=O) groups is 4. The highest BCUT2D eigenvalue weighted by atomic mass is 16.5. The molecule has 14 heteroatoms. The Morgan fingerprint density at radius 2 is 0.986 bits per heavy atom. The third kappa shape index (κ3) is 10.4. The van der Waals surface area contributed by atoms with Crippen LogP contribution in [0.15, 0.2) is 85.2 Å². The van der Waals surface area contributed by atoms with E-state index in [0.717, 1.165) is 72.7 Å². The molecule has 1 aliphatic carbocycles. The monoisotopic (exact) mass is 939 g/mol. The number of benzene rings is 3. The smallest absolute Gasteiger partial charge is 0.407 e. The van der Waals surface area contributed by atoms with Crippen LogP contribution in [0, 0.1) is 11.8 Å². The fraction of sp³-hybridized carbons (Fsp3) is 0.491. The van der Waals surface area contributed by atoms with E-state index in [9.17, 15) is 19.2 Å². The maximum atomic E-state index is 13.8. The molecule has 4 heterocycles. The van der Waals surface area contributed by atoms with E-state index in [4.69, 9.17) is 19.4 Å². The number of carbonyl (C=O) groups excluding carboxylic acids is 4. The molecule has 0 bridgehead atoms. The standard InChI is InChI=1S/C55H70N8O6/c1-32(2)47(60-53(66)68-8)51(64)62-28-10-12-44(62)49-56-30-42(58-49)36-18-14-34(15-19-36)40-26-27-41(46(40)38-22-24-39(25-23-38)55(5,6)7)35-16-20-37(21-17-35)43-31-57-50(59-43)45-13-11-29-63(45)52(65)48(33(3)4)61-54(67)69-9/h14-25,30-33,40-41,44-48H,10-13,26-29H2,1-9H3,(H,56,58)(H,57,59)(H,60,66)(H,61,67)/t40?,41?,44-,45-,46?,47-,48-/m0/s1. The highest BCUT2D eigenvalue weighted by molar-refractivity contribution is 5.87. The predicted octanol–water partition coefficient (Wildman–Crippen LogP) is 10.3. The number of alkyl carbamates (subject to hydrolysis) is 2. The molecule has 3 fully saturated rings. The molecule has 1 saturated carbocycles. The van der Waals surface area contributed by atoms with Crippen molar-refractivity contribution >= 4 is 24.0 Å². The predicted molar refractivity (Wildman–Crippen MR) is 266 cm³/mol. The number of nitrogens with zero attached hydrogens (tertiary/aromatic N) is 4. The van der Waals surface area contributed by atoms with Gasteiger partial charge in [-0.05, 0) is 107 Å². The zero-order chi connectivity index (χ0) is 49.1. The van der Waals surface area contributed by atoms with Crippen LogP contribution in [0.5, 0.6) is 0 Å². The van der Waals surface area contributed by atoms with Crippen molar-refractivity contribution in [3.63, 3.8) is 0 Å². The molecule has 0 spiro atoms. The summed E-state index contributed by atoms with van der Waals surface area (Å²) >= 11 is 0. The van der Waals surface area contributed by atoms with Crippen LogP contribution in [0.1, 0.15) is 151 Å². The van der Waals surface area contributed by atoms with Crippen molar-refractivity contribution in [1.82, 2.24) is 40.4 Å². The Balaban J connectivity index is 1.00. The number of aromatic nitrogens is 4. The van der Waals surface area contributed by atoms with Gasteiger partial charge in [-0.1, -0.05) is 121 Å². The number of H-pyrrole nitrogens is 2. The number of likely N-dealkylation sites (tertiary alicyclic amines) is 2. The average molecular weight is 939 g/mol. The topological polar surface area (TPSA) is 175 Å². The average Bonchev–Trinajstić information content (AvgIpc) is 4.21. The summed E-state index contributed by atoms with van der Waals surface area (Å²) in [6.07, 6.45) is 7.86. The van der Waals surface area contributed by atoms with Crippen LogP contribution in [0.3, 0.4) is 0 Å². The van der Waals surface area contributed by atoms with Gasteiger partial charge < -0.3 is 39.9 Å². The van der Waals surface area contributed by atoms with Crippen molar-refractivity contribution in [2.24, 2.45) is 11.8 Å². The normalized spacial score (nSPS) is 21.4. The van der Waals surface area contributed by atoms with Gasteiger partial charge in [-0.2, -0.15) is 0 Å². The minimum atomic E-state index is -0.691. The zero-order valence-electron chi connectivity index (χ0n) is 41.7. The number of rotatable bonds is 13. The van der Waals surface area contributed by atoms with Crippen LogP contribution in [0.4, 0.5) is 9.59 Å². The summed E-state index contributed by atoms with van der Waals surface area (Å²) in [4.78, 5) is 72.0. The van der Waals surface area contributed by atoms with Gasteiger partial charge in [0.2, 0.25) is 11.8 Å². The number of amides is 4. The van der Waals surface area contributed by atoms with Gasteiger partial charge in [0, 0.05) is 13.1 Å². The van der Waals surface area contributed by atoms with E-state index in [0.29, 0.717) is 24.9 Å². The Morgan fingerprint density at radius 3 is 1.35 bits per heavy atom. The van der Waals surface area contributed by atoms with Gasteiger partial charge in [0.15, 0.2) is 0 Å². The van der Waals surface area contributed by atoms with Crippen molar-refractivity contribution < 1.29 is 28.7 Å². The van der Waals surface area contributed by atoms with Gasteiger partial charge in [-0.15, -0.1) is 0 Å². The van der Waals surface area contributed by atoms with E-state index in [1.54, 1.807) is 0 Å². The maximum absolute atomic E-state index is 13.8. The van der Waals surface area contributed by atoms with Gasteiger partial charge in [0.25, 0.3) is 0 Å². The van der Waals surface area contributed by atoms with E-state index >= 15 is 0 Å². The molecule has 6 atom stereocenters. The first kappa shape index (κ1) is 49.0. The Kier molecular flexibility index (Phi) is 14.7. The Labute approximate surface area is 406 Å².